The third-order valence-corrected chi connectivity index (χ3v) is 5.06. The van der Waals surface area contributed by atoms with Gasteiger partial charge in [0, 0.05) is 0 Å². The highest BCUT2D eigenvalue weighted by atomic mass is 79.9. The standard InChI is InChI=1S/C4H5BrCl2NO3P/c1-2-11-4(9)8-3(5)12(6,7)10/h2H2,1H3/b8-3-. The van der Waals surface area contributed by atoms with E-state index in [0.717, 1.165) is 0 Å². The molecule has 0 saturated heterocycles. The average Bonchev–Trinajstić information content (AvgIpc) is 1.85. The summed E-state index contributed by atoms with van der Waals surface area (Å²) in [5.41, 5.74) is 0. The van der Waals surface area contributed by atoms with E-state index in [9.17, 15) is 9.36 Å². The molecule has 0 N–H and O–H groups in total. The van der Waals surface area contributed by atoms with Gasteiger partial charge in [0.1, 0.15) is 0 Å². The number of carbonyl (C=O) groups is 1. The molecule has 0 radical (unpaired) electrons. The molecule has 12 heavy (non-hydrogen) atoms. The van der Waals surface area contributed by atoms with Crippen LogP contribution in [0.4, 0.5) is 4.79 Å². The molecule has 70 valence electrons. The lowest BCUT2D eigenvalue weighted by atomic mass is 10.9. The van der Waals surface area contributed by atoms with E-state index in [0.29, 0.717) is 0 Å². The average molecular weight is 297 g/mol. The summed E-state index contributed by atoms with van der Waals surface area (Å²) < 4.78 is 14.9. The Labute approximate surface area is 87.4 Å². The van der Waals surface area contributed by atoms with Crippen LogP contribution < -0.4 is 0 Å². The molecule has 0 aromatic rings. The van der Waals surface area contributed by atoms with E-state index >= 15 is 0 Å². The van der Waals surface area contributed by atoms with Crippen molar-refractivity contribution in [2.24, 2.45) is 4.99 Å². The molecule has 0 rings (SSSR count). The van der Waals surface area contributed by atoms with Gasteiger partial charge in [0.2, 0.25) is 0 Å². The Balaban J connectivity index is 4.37. The van der Waals surface area contributed by atoms with Crippen LogP contribution in [0.1, 0.15) is 6.92 Å². The highest BCUT2D eigenvalue weighted by molar-refractivity contribution is 9.21. The van der Waals surface area contributed by atoms with Crippen LogP contribution in [0.5, 0.6) is 0 Å². The fourth-order valence-corrected chi connectivity index (χ4v) is 0.859. The van der Waals surface area contributed by atoms with Crippen molar-refractivity contribution in [2.45, 2.75) is 6.92 Å². The third kappa shape index (κ3) is 5.14. The van der Waals surface area contributed by atoms with Crippen LogP contribution in [-0.2, 0) is 9.30 Å². The molecule has 0 fully saturated rings. The van der Waals surface area contributed by atoms with E-state index in [1.807, 2.05) is 0 Å². The molecule has 0 aromatic carbocycles. The summed E-state index contributed by atoms with van der Waals surface area (Å²) in [5.74, 6) is -3.52. The molecule has 4 nitrogen and oxygen atoms in total. The topological polar surface area (TPSA) is 55.7 Å². The first-order valence-electron chi connectivity index (χ1n) is 2.78. The molecule has 0 unspecified atom stereocenters. The van der Waals surface area contributed by atoms with Crippen molar-refractivity contribution in [3.8, 4) is 0 Å². The number of rotatable bonds is 2. The Morgan fingerprint density at radius 1 is 1.67 bits per heavy atom. The lowest BCUT2D eigenvalue weighted by Crippen LogP contribution is -1.99. The Hall–Kier alpha value is 0.430. The van der Waals surface area contributed by atoms with Crippen LogP contribution in [0.15, 0.2) is 4.99 Å². The predicted octanol–water partition coefficient (Wildman–Crippen LogP) is 3.56. The number of aliphatic imine (C=N–C) groups is 1. The summed E-state index contributed by atoms with van der Waals surface area (Å²) in [4.78, 5) is 13.8. The molecule has 0 aliphatic rings. The van der Waals surface area contributed by atoms with Crippen molar-refractivity contribution < 1.29 is 14.1 Å². The molecule has 0 spiro atoms. The first kappa shape index (κ1) is 12.4. The largest absolute Gasteiger partial charge is 0.448 e. The number of hydrogen-bond acceptors (Lipinski definition) is 3. The number of nitrogens with zero attached hydrogens (tertiary/aromatic N) is 1. The molecular formula is C4H5BrCl2NO3P. The quantitative estimate of drug-likeness (QED) is 0.578. The van der Waals surface area contributed by atoms with Gasteiger partial charge in [-0.15, -0.1) is 0 Å². The lowest BCUT2D eigenvalue weighted by Gasteiger charge is -1.98. The molecule has 0 aliphatic carbocycles. The van der Waals surface area contributed by atoms with E-state index in [4.69, 9.17) is 22.5 Å². The zero-order chi connectivity index (χ0) is 9.78. The summed E-state index contributed by atoms with van der Waals surface area (Å²) >= 11 is 13.0. The first-order valence-corrected chi connectivity index (χ1v) is 7.09. The predicted molar refractivity (Wildman–Crippen MR) is 52.7 cm³/mol. The second-order valence-corrected chi connectivity index (χ2v) is 7.63. The van der Waals surface area contributed by atoms with Crippen molar-refractivity contribution >= 4 is 54.7 Å². The van der Waals surface area contributed by atoms with Crippen molar-refractivity contribution in [1.29, 1.82) is 0 Å². The first-order chi connectivity index (χ1) is 5.38. The molecule has 0 heterocycles. The monoisotopic (exact) mass is 295 g/mol. The van der Waals surface area contributed by atoms with Gasteiger partial charge in [-0.2, -0.15) is 4.99 Å². The fourth-order valence-electron chi connectivity index (χ4n) is 0.289. The maximum absolute atomic E-state index is 10.8. The van der Waals surface area contributed by atoms with Gasteiger partial charge in [-0.3, -0.25) is 4.57 Å². The zero-order valence-corrected chi connectivity index (χ0v) is 9.95. The Morgan fingerprint density at radius 2 is 2.17 bits per heavy atom. The van der Waals surface area contributed by atoms with E-state index in [1.54, 1.807) is 6.92 Å². The molecular weight excluding hydrogens is 292 g/mol. The summed E-state index contributed by atoms with van der Waals surface area (Å²) in [7, 11) is 0. The highest BCUT2D eigenvalue weighted by Crippen LogP contribution is 2.59. The third-order valence-electron chi connectivity index (χ3n) is 0.666. The molecule has 0 bridgehead atoms. The summed E-state index contributed by atoms with van der Waals surface area (Å²) in [6, 6.07) is 0. The minimum absolute atomic E-state index is 0.178. The molecule has 0 atom stereocenters. The maximum Gasteiger partial charge on any atom is 0.434 e. The van der Waals surface area contributed by atoms with Gasteiger partial charge >= 0.3 is 11.9 Å². The minimum atomic E-state index is -3.52. The normalized spacial score (nSPS) is 12.8. The minimum Gasteiger partial charge on any atom is -0.448 e. The highest BCUT2D eigenvalue weighted by Gasteiger charge is 2.21. The second-order valence-electron chi connectivity index (χ2n) is 1.54. The van der Waals surface area contributed by atoms with E-state index in [1.165, 1.54) is 0 Å². The van der Waals surface area contributed by atoms with Crippen molar-refractivity contribution in [3.63, 3.8) is 0 Å². The smallest absolute Gasteiger partial charge is 0.434 e. The van der Waals surface area contributed by atoms with Crippen LogP contribution in [-0.4, -0.2) is 17.1 Å². The van der Waals surface area contributed by atoms with E-state index < -0.39 is 11.9 Å². The van der Waals surface area contributed by atoms with E-state index in [2.05, 4.69) is 25.7 Å². The molecule has 0 aliphatic heterocycles. The van der Waals surface area contributed by atoms with Crippen LogP contribution >= 0.6 is 44.3 Å². The molecule has 0 aromatic heterocycles. The number of amides is 1. The van der Waals surface area contributed by atoms with Gasteiger partial charge in [0.05, 0.1) is 6.61 Å². The fraction of sp³-hybridized carbons (Fsp3) is 0.500. The van der Waals surface area contributed by atoms with Gasteiger partial charge < -0.3 is 4.74 Å². The Kier molecular flexibility index (Phi) is 5.41. The van der Waals surface area contributed by atoms with Crippen molar-refractivity contribution in [1.82, 2.24) is 0 Å². The molecule has 1 amide bonds. The number of hydrogen-bond donors (Lipinski definition) is 0. The zero-order valence-electron chi connectivity index (χ0n) is 5.96. The van der Waals surface area contributed by atoms with Crippen LogP contribution in [0.3, 0.4) is 0 Å². The SMILES string of the molecule is CCOC(=O)/N=C(/Br)P(=O)(Cl)Cl. The van der Waals surface area contributed by atoms with Crippen LogP contribution in [0.25, 0.3) is 0 Å². The van der Waals surface area contributed by atoms with Gasteiger partial charge in [-0.25, -0.2) is 4.79 Å². The van der Waals surface area contributed by atoms with Gasteiger partial charge in [0.15, 0.2) is 4.36 Å². The molecule has 0 saturated carbocycles. The Morgan fingerprint density at radius 3 is 2.50 bits per heavy atom. The summed E-state index contributed by atoms with van der Waals surface area (Å²) in [6.45, 7) is 1.79. The van der Waals surface area contributed by atoms with Crippen molar-refractivity contribution in [3.05, 3.63) is 0 Å². The lowest BCUT2D eigenvalue weighted by molar-refractivity contribution is 0.164. The Bertz CT molecular complexity index is 251. The number of ether oxygens (including phenoxy) is 1. The van der Waals surface area contributed by atoms with Gasteiger partial charge in [-0.1, -0.05) is 0 Å². The van der Waals surface area contributed by atoms with Gasteiger partial charge in [0.25, 0.3) is 0 Å². The van der Waals surface area contributed by atoms with E-state index in [-0.39, 0.29) is 11.0 Å². The second kappa shape index (κ2) is 5.22. The van der Waals surface area contributed by atoms with Crippen molar-refractivity contribution in [2.75, 3.05) is 6.61 Å². The maximum atomic E-state index is 10.8. The van der Waals surface area contributed by atoms with Gasteiger partial charge in [-0.05, 0) is 45.3 Å². The number of carbonyl (C=O) groups excluding carboxylic acids is 1. The molecule has 8 heteroatoms. The summed E-state index contributed by atoms with van der Waals surface area (Å²) in [5, 5.41) is 0. The van der Waals surface area contributed by atoms with Crippen LogP contribution in [0, 0.1) is 0 Å². The number of halogens is 3. The summed E-state index contributed by atoms with van der Waals surface area (Å²) in [6.07, 6.45) is -0.883. The van der Waals surface area contributed by atoms with Crippen LogP contribution in [0.2, 0.25) is 0 Å².